The van der Waals surface area contributed by atoms with Gasteiger partial charge in [0.25, 0.3) is 0 Å². The molecule has 0 aliphatic carbocycles. The normalized spacial score (nSPS) is 10.1. The molecule has 0 bridgehead atoms. The molecule has 4 amide bonds. The minimum Gasteiger partial charge on any atom is -0.334 e. The van der Waals surface area contributed by atoms with E-state index in [0.29, 0.717) is 24.5 Å². The SMILES string of the molecule is Cc1ccc(NC(=O)NCc2cccnc2)cc1NC(=O)NCc1cccnc1. The van der Waals surface area contributed by atoms with Gasteiger partial charge in [-0.25, -0.2) is 9.59 Å². The first-order valence-electron chi connectivity index (χ1n) is 9.08. The lowest BCUT2D eigenvalue weighted by Crippen LogP contribution is -2.29. The topological polar surface area (TPSA) is 108 Å². The number of hydrogen-bond donors (Lipinski definition) is 4. The Kier molecular flexibility index (Phi) is 6.72. The molecule has 2 heterocycles. The van der Waals surface area contributed by atoms with Gasteiger partial charge in [-0.2, -0.15) is 0 Å². The van der Waals surface area contributed by atoms with Crippen molar-refractivity contribution in [2.75, 3.05) is 10.6 Å². The predicted octanol–water partition coefficient (Wildman–Crippen LogP) is 3.43. The average Bonchev–Trinajstić information content (AvgIpc) is 2.75. The third kappa shape index (κ3) is 6.31. The molecule has 148 valence electrons. The number of pyridine rings is 2. The Balaban J connectivity index is 1.53. The number of carbonyl (C=O) groups is 2. The highest BCUT2D eigenvalue weighted by Crippen LogP contribution is 2.20. The van der Waals surface area contributed by atoms with E-state index in [1.807, 2.05) is 37.3 Å². The van der Waals surface area contributed by atoms with Crippen LogP contribution in [0.15, 0.2) is 67.3 Å². The summed E-state index contributed by atoms with van der Waals surface area (Å²) >= 11 is 0. The van der Waals surface area contributed by atoms with Gasteiger partial charge in [0.1, 0.15) is 0 Å². The monoisotopic (exact) mass is 390 g/mol. The fourth-order valence-electron chi connectivity index (χ4n) is 2.55. The Morgan fingerprint density at radius 1 is 0.828 bits per heavy atom. The van der Waals surface area contributed by atoms with Crippen LogP contribution in [0.5, 0.6) is 0 Å². The first kappa shape index (κ1) is 19.8. The molecule has 3 rings (SSSR count). The summed E-state index contributed by atoms with van der Waals surface area (Å²) in [4.78, 5) is 32.3. The van der Waals surface area contributed by atoms with Gasteiger partial charge in [0.05, 0.1) is 0 Å². The van der Waals surface area contributed by atoms with Crippen LogP contribution in [0.3, 0.4) is 0 Å². The molecule has 2 aromatic heterocycles. The number of aromatic nitrogens is 2. The number of rotatable bonds is 6. The van der Waals surface area contributed by atoms with Gasteiger partial charge in [0.15, 0.2) is 0 Å². The highest BCUT2D eigenvalue weighted by molar-refractivity contribution is 5.93. The van der Waals surface area contributed by atoms with E-state index in [1.54, 1.807) is 36.9 Å². The minimum atomic E-state index is -0.343. The molecule has 0 aliphatic rings. The Morgan fingerprint density at radius 3 is 1.97 bits per heavy atom. The number of nitrogens with one attached hydrogen (secondary N) is 4. The lowest BCUT2D eigenvalue weighted by Gasteiger charge is -2.13. The van der Waals surface area contributed by atoms with Gasteiger partial charge in [-0.1, -0.05) is 18.2 Å². The summed E-state index contributed by atoms with van der Waals surface area (Å²) in [5, 5.41) is 11.1. The Bertz CT molecular complexity index is 963. The van der Waals surface area contributed by atoms with E-state index in [2.05, 4.69) is 31.2 Å². The second-order valence-corrected chi connectivity index (χ2v) is 6.37. The minimum absolute atomic E-state index is 0.338. The molecule has 8 nitrogen and oxygen atoms in total. The molecule has 0 unspecified atom stereocenters. The van der Waals surface area contributed by atoms with Crippen LogP contribution in [0.4, 0.5) is 21.0 Å². The smallest absolute Gasteiger partial charge is 0.319 e. The summed E-state index contributed by atoms with van der Waals surface area (Å²) in [5.74, 6) is 0. The molecule has 4 N–H and O–H groups in total. The number of amides is 4. The number of nitrogens with zero attached hydrogens (tertiary/aromatic N) is 2. The van der Waals surface area contributed by atoms with E-state index in [0.717, 1.165) is 16.7 Å². The average molecular weight is 390 g/mol. The zero-order chi connectivity index (χ0) is 20.5. The summed E-state index contributed by atoms with van der Waals surface area (Å²) in [5.41, 5.74) is 3.86. The van der Waals surface area contributed by atoms with Crippen LogP contribution in [0.2, 0.25) is 0 Å². The van der Waals surface area contributed by atoms with Gasteiger partial charge in [-0.05, 0) is 47.9 Å². The largest absolute Gasteiger partial charge is 0.334 e. The van der Waals surface area contributed by atoms with E-state index in [-0.39, 0.29) is 12.1 Å². The maximum atomic E-state index is 12.2. The number of carbonyl (C=O) groups excluding carboxylic acids is 2. The molecule has 0 spiro atoms. The van der Waals surface area contributed by atoms with Gasteiger partial charge in [-0.3, -0.25) is 9.97 Å². The van der Waals surface area contributed by atoms with E-state index < -0.39 is 0 Å². The molecule has 1 aromatic carbocycles. The van der Waals surface area contributed by atoms with Crippen LogP contribution in [0.1, 0.15) is 16.7 Å². The van der Waals surface area contributed by atoms with Crippen molar-refractivity contribution < 1.29 is 9.59 Å². The third-order valence-corrected chi connectivity index (χ3v) is 4.10. The fraction of sp³-hybridized carbons (Fsp3) is 0.143. The first-order valence-corrected chi connectivity index (χ1v) is 9.08. The Hall–Kier alpha value is -3.94. The predicted molar refractivity (Wildman–Crippen MR) is 111 cm³/mol. The van der Waals surface area contributed by atoms with Gasteiger partial charge in [0.2, 0.25) is 0 Å². The molecule has 0 saturated carbocycles. The summed E-state index contributed by atoms with van der Waals surface area (Å²) < 4.78 is 0. The fourth-order valence-corrected chi connectivity index (χ4v) is 2.55. The molecule has 8 heteroatoms. The molecule has 29 heavy (non-hydrogen) atoms. The molecular weight excluding hydrogens is 368 g/mol. The summed E-state index contributed by atoms with van der Waals surface area (Å²) in [6, 6.07) is 12.0. The van der Waals surface area contributed by atoms with Crippen molar-refractivity contribution in [2.45, 2.75) is 20.0 Å². The van der Waals surface area contributed by atoms with E-state index in [1.165, 1.54) is 0 Å². The zero-order valence-corrected chi connectivity index (χ0v) is 16.0. The Labute approximate surface area is 168 Å². The molecule has 0 atom stereocenters. The van der Waals surface area contributed by atoms with Gasteiger partial charge in [-0.15, -0.1) is 0 Å². The van der Waals surface area contributed by atoms with Crippen LogP contribution in [0, 0.1) is 6.92 Å². The number of aryl methyl sites for hydroxylation is 1. The number of hydrogen-bond acceptors (Lipinski definition) is 4. The summed E-state index contributed by atoms with van der Waals surface area (Å²) in [7, 11) is 0. The molecule has 0 aliphatic heterocycles. The van der Waals surface area contributed by atoms with Crippen molar-refractivity contribution in [3.05, 3.63) is 83.9 Å². The van der Waals surface area contributed by atoms with Crippen molar-refractivity contribution >= 4 is 23.4 Å². The molecular formula is C21H22N6O2. The highest BCUT2D eigenvalue weighted by Gasteiger charge is 2.08. The second kappa shape index (κ2) is 9.84. The maximum absolute atomic E-state index is 12.2. The van der Waals surface area contributed by atoms with Crippen LogP contribution >= 0.6 is 0 Å². The molecule has 0 radical (unpaired) electrons. The lowest BCUT2D eigenvalue weighted by atomic mass is 10.2. The van der Waals surface area contributed by atoms with Crippen LogP contribution < -0.4 is 21.3 Å². The number of benzene rings is 1. The highest BCUT2D eigenvalue weighted by atomic mass is 16.2. The molecule has 0 fully saturated rings. The van der Waals surface area contributed by atoms with Gasteiger partial charge < -0.3 is 21.3 Å². The van der Waals surface area contributed by atoms with Crippen molar-refractivity contribution in [3.8, 4) is 0 Å². The quantitative estimate of drug-likeness (QED) is 0.517. The van der Waals surface area contributed by atoms with Crippen molar-refractivity contribution in [1.82, 2.24) is 20.6 Å². The van der Waals surface area contributed by atoms with Crippen molar-refractivity contribution in [2.24, 2.45) is 0 Å². The molecule has 0 saturated heterocycles. The lowest BCUT2D eigenvalue weighted by molar-refractivity contribution is 0.251. The number of urea groups is 2. The zero-order valence-electron chi connectivity index (χ0n) is 16.0. The van der Waals surface area contributed by atoms with Crippen LogP contribution in [-0.4, -0.2) is 22.0 Å². The maximum Gasteiger partial charge on any atom is 0.319 e. The molecule has 3 aromatic rings. The standard InChI is InChI=1S/C21H22N6O2/c1-15-6-7-18(26-20(28)24-13-16-4-2-8-22-11-16)10-19(15)27-21(29)25-14-17-5-3-9-23-12-17/h2-12H,13-14H2,1H3,(H2,24,26,28)(H2,25,27,29). The van der Waals surface area contributed by atoms with E-state index in [9.17, 15) is 9.59 Å². The van der Waals surface area contributed by atoms with E-state index >= 15 is 0 Å². The second-order valence-electron chi connectivity index (χ2n) is 6.37. The summed E-state index contributed by atoms with van der Waals surface area (Å²) in [6.07, 6.45) is 6.74. The number of anilines is 2. The van der Waals surface area contributed by atoms with Gasteiger partial charge in [0, 0.05) is 49.3 Å². The Morgan fingerprint density at radius 2 is 1.41 bits per heavy atom. The first-order chi connectivity index (χ1) is 14.1. The van der Waals surface area contributed by atoms with E-state index in [4.69, 9.17) is 0 Å². The van der Waals surface area contributed by atoms with Crippen molar-refractivity contribution in [1.29, 1.82) is 0 Å². The summed E-state index contributed by atoms with van der Waals surface area (Å²) in [6.45, 7) is 2.61. The van der Waals surface area contributed by atoms with Crippen LogP contribution in [0.25, 0.3) is 0 Å². The third-order valence-electron chi connectivity index (χ3n) is 4.10. The van der Waals surface area contributed by atoms with Crippen LogP contribution in [-0.2, 0) is 13.1 Å². The van der Waals surface area contributed by atoms with Gasteiger partial charge >= 0.3 is 12.1 Å². The van der Waals surface area contributed by atoms with Crippen molar-refractivity contribution in [3.63, 3.8) is 0 Å².